The van der Waals surface area contributed by atoms with Crippen molar-refractivity contribution in [3.63, 3.8) is 0 Å². The fourth-order valence-corrected chi connectivity index (χ4v) is 3.49. The highest BCUT2D eigenvalue weighted by Crippen LogP contribution is 2.49. The number of hydrogen-bond acceptors (Lipinski definition) is 3. The van der Waals surface area contributed by atoms with Crippen molar-refractivity contribution in [1.82, 2.24) is 0 Å². The third-order valence-corrected chi connectivity index (χ3v) is 4.54. The maximum Gasteiger partial charge on any atom is 0.303 e. The van der Waals surface area contributed by atoms with Gasteiger partial charge in [0.2, 0.25) is 0 Å². The van der Waals surface area contributed by atoms with E-state index in [1.165, 1.54) is 0 Å². The van der Waals surface area contributed by atoms with Crippen LogP contribution in [0.25, 0.3) is 0 Å². The Morgan fingerprint density at radius 3 is 2.62 bits per heavy atom. The molecule has 1 saturated carbocycles. The lowest BCUT2D eigenvalue weighted by molar-refractivity contribution is -0.138. The van der Waals surface area contributed by atoms with Gasteiger partial charge in [-0.2, -0.15) is 5.26 Å². The normalized spacial score (nSPS) is 18.7. The number of carbonyl (C=O) groups is 1. The molecule has 1 aliphatic carbocycles. The molecule has 16 heavy (non-hydrogen) atoms. The fourth-order valence-electron chi connectivity index (χ4n) is 1.75. The highest BCUT2D eigenvalue weighted by Gasteiger charge is 2.45. The second-order valence-electron chi connectivity index (χ2n) is 4.47. The summed E-state index contributed by atoms with van der Waals surface area (Å²) < 4.78 is 11.7. The number of carboxylic acid groups (broad SMARTS) is 1. The predicted octanol–water partition coefficient (Wildman–Crippen LogP) is 1.68. The van der Waals surface area contributed by atoms with Crippen molar-refractivity contribution in [2.45, 2.75) is 38.5 Å². The molecule has 0 aromatic carbocycles. The summed E-state index contributed by atoms with van der Waals surface area (Å²) in [5.41, 5.74) is -0.175. The summed E-state index contributed by atoms with van der Waals surface area (Å²) in [6.07, 6.45) is 4.03. The number of carboxylic acids is 1. The van der Waals surface area contributed by atoms with Crippen LogP contribution in [-0.2, 0) is 15.6 Å². The van der Waals surface area contributed by atoms with Gasteiger partial charge in [-0.05, 0) is 31.1 Å². The van der Waals surface area contributed by atoms with Gasteiger partial charge >= 0.3 is 5.97 Å². The Hall–Kier alpha value is -0.890. The number of hydrogen-bond donors (Lipinski definition) is 1. The lowest BCUT2D eigenvalue weighted by atomic mass is 10.1. The molecule has 90 valence electrons. The lowest BCUT2D eigenvalue weighted by Crippen LogP contribution is -2.18. The molecule has 0 spiro atoms. The van der Waals surface area contributed by atoms with Crippen LogP contribution >= 0.6 is 0 Å². The Morgan fingerprint density at radius 1 is 1.44 bits per heavy atom. The van der Waals surface area contributed by atoms with Gasteiger partial charge in [-0.15, -0.1) is 0 Å². The van der Waals surface area contributed by atoms with Crippen molar-refractivity contribution in [3.8, 4) is 6.07 Å². The van der Waals surface area contributed by atoms with Crippen molar-refractivity contribution in [2.24, 2.45) is 5.41 Å². The highest BCUT2D eigenvalue weighted by atomic mass is 32.2. The molecular formula is C11H17NO3S. The standard InChI is InChI=1S/C11H17NO3S/c12-6-2-1-3-7-16(15)9-11(4-5-11)8-10(13)14/h1-5,7-9H2,(H,13,14). The zero-order valence-electron chi connectivity index (χ0n) is 9.28. The SMILES string of the molecule is N#CCCCCS(=O)CC1(CC(=O)O)CC1. The van der Waals surface area contributed by atoms with Crippen molar-refractivity contribution in [2.75, 3.05) is 11.5 Å². The highest BCUT2D eigenvalue weighted by molar-refractivity contribution is 7.85. The summed E-state index contributed by atoms with van der Waals surface area (Å²) in [7, 11) is -0.920. The summed E-state index contributed by atoms with van der Waals surface area (Å²) in [4.78, 5) is 10.6. The summed E-state index contributed by atoms with van der Waals surface area (Å²) >= 11 is 0. The van der Waals surface area contributed by atoms with Crippen LogP contribution in [0.4, 0.5) is 0 Å². The van der Waals surface area contributed by atoms with E-state index in [0.717, 1.165) is 25.7 Å². The smallest absolute Gasteiger partial charge is 0.303 e. The molecule has 1 N–H and O–H groups in total. The van der Waals surface area contributed by atoms with E-state index in [-0.39, 0.29) is 11.8 Å². The van der Waals surface area contributed by atoms with Crippen molar-refractivity contribution in [1.29, 1.82) is 5.26 Å². The molecule has 0 aliphatic heterocycles. The second kappa shape index (κ2) is 6.00. The molecule has 1 atom stereocenters. The molecule has 0 aromatic heterocycles. The Morgan fingerprint density at radius 2 is 2.12 bits per heavy atom. The molecule has 1 rings (SSSR count). The molecule has 4 nitrogen and oxygen atoms in total. The number of aliphatic carboxylic acids is 1. The molecule has 0 bridgehead atoms. The van der Waals surface area contributed by atoms with Gasteiger partial charge in [0.1, 0.15) is 0 Å². The van der Waals surface area contributed by atoms with Crippen LogP contribution in [0, 0.1) is 16.7 Å². The van der Waals surface area contributed by atoms with Crippen molar-refractivity contribution >= 4 is 16.8 Å². The van der Waals surface area contributed by atoms with E-state index in [2.05, 4.69) is 6.07 Å². The molecule has 0 amide bonds. The van der Waals surface area contributed by atoms with E-state index in [9.17, 15) is 9.00 Å². The van der Waals surface area contributed by atoms with Crippen LogP contribution in [0.2, 0.25) is 0 Å². The van der Waals surface area contributed by atoms with Gasteiger partial charge < -0.3 is 5.11 Å². The van der Waals surface area contributed by atoms with Gasteiger partial charge in [-0.1, -0.05) is 0 Å². The average molecular weight is 243 g/mol. The van der Waals surface area contributed by atoms with Gasteiger partial charge in [-0.25, -0.2) is 0 Å². The van der Waals surface area contributed by atoms with Crippen LogP contribution in [0.15, 0.2) is 0 Å². The third kappa shape index (κ3) is 4.75. The minimum absolute atomic E-state index is 0.150. The second-order valence-corrected chi connectivity index (χ2v) is 6.05. The molecular weight excluding hydrogens is 226 g/mol. The fraction of sp³-hybridized carbons (Fsp3) is 0.818. The lowest BCUT2D eigenvalue weighted by Gasteiger charge is -2.11. The van der Waals surface area contributed by atoms with Gasteiger partial charge in [0.05, 0.1) is 12.5 Å². The summed E-state index contributed by atoms with van der Waals surface area (Å²) in [5.74, 6) is 0.327. The van der Waals surface area contributed by atoms with Crippen molar-refractivity contribution in [3.05, 3.63) is 0 Å². The Labute approximate surface area is 98.1 Å². The van der Waals surface area contributed by atoms with E-state index < -0.39 is 16.8 Å². The number of unbranched alkanes of at least 4 members (excludes halogenated alkanes) is 2. The van der Waals surface area contributed by atoms with E-state index in [4.69, 9.17) is 10.4 Å². The van der Waals surface area contributed by atoms with Gasteiger partial charge in [-0.3, -0.25) is 9.00 Å². The summed E-state index contributed by atoms with van der Waals surface area (Å²) in [6, 6.07) is 2.05. The van der Waals surface area contributed by atoms with E-state index in [0.29, 0.717) is 17.9 Å². The largest absolute Gasteiger partial charge is 0.481 e. The first-order chi connectivity index (χ1) is 7.58. The third-order valence-electron chi connectivity index (χ3n) is 2.86. The molecule has 1 fully saturated rings. The minimum Gasteiger partial charge on any atom is -0.481 e. The minimum atomic E-state index is -0.920. The molecule has 1 aliphatic rings. The van der Waals surface area contributed by atoms with Crippen LogP contribution < -0.4 is 0 Å². The summed E-state index contributed by atoms with van der Waals surface area (Å²) in [6.45, 7) is 0. The topological polar surface area (TPSA) is 78.2 Å². The molecule has 0 heterocycles. The number of rotatable bonds is 8. The van der Waals surface area contributed by atoms with Crippen molar-refractivity contribution < 1.29 is 14.1 Å². The molecule has 1 unspecified atom stereocenters. The van der Waals surface area contributed by atoms with Crippen LogP contribution in [0.5, 0.6) is 0 Å². The van der Waals surface area contributed by atoms with Gasteiger partial charge in [0.15, 0.2) is 0 Å². The molecule has 0 aromatic rings. The van der Waals surface area contributed by atoms with E-state index in [1.807, 2.05) is 0 Å². The number of nitriles is 1. The zero-order valence-corrected chi connectivity index (χ0v) is 10.1. The number of nitrogens with zero attached hydrogens (tertiary/aromatic N) is 1. The Balaban J connectivity index is 2.19. The molecule has 0 radical (unpaired) electrons. The maximum absolute atomic E-state index is 11.7. The first-order valence-corrected chi connectivity index (χ1v) is 7.00. The first kappa shape index (κ1) is 13.2. The van der Waals surface area contributed by atoms with Crippen LogP contribution in [0.1, 0.15) is 38.5 Å². The molecule has 0 saturated heterocycles. The Bertz CT molecular complexity index is 318. The monoisotopic (exact) mass is 243 g/mol. The van der Waals surface area contributed by atoms with E-state index >= 15 is 0 Å². The molecule has 5 heteroatoms. The first-order valence-electron chi connectivity index (χ1n) is 5.52. The maximum atomic E-state index is 11.7. The van der Waals surface area contributed by atoms with Gasteiger partial charge in [0, 0.05) is 28.7 Å². The van der Waals surface area contributed by atoms with Crippen LogP contribution in [0.3, 0.4) is 0 Å². The quantitative estimate of drug-likeness (QED) is 0.658. The zero-order chi connectivity index (χ0) is 12.0. The Kier molecular flexibility index (Phi) is 4.94. The predicted molar refractivity (Wildman–Crippen MR) is 61.3 cm³/mol. The summed E-state index contributed by atoms with van der Waals surface area (Å²) in [5, 5.41) is 17.0. The van der Waals surface area contributed by atoms with Crippen LogP contribution in [-0.4, -0.2) is 26.8 Å². The average Bonchev–Trinajstić information content (AvgIpc) is 2.91. The van der Waals surface area contributed by atoms with Gasteiger partial charge in [0.25, 0.3) is 0 Å². The van der Waals surface area contributed by atoms with E-state index in [1.54, 1.807) is 0 Å².